The molecule has 0 bridgehead atoms. The zero-order valence-electron chi connectivity index (χ0n) is 12.3. The summed E-state index contributed by atoms with van der Waals surface area (Å²) < 4.78 is 26.4. The van der Waals surface area contributed by atoms with Crippen molar-refractivity contribution in [1.82, 2.24) is 9.29 Å². The van der Waals surface area contributed by atoms with Crippen molar-refractivity contribution < 1.29 is 18.3 Å². The van der Waals surface area contributed by atoms with Crippen LogP contribution >= 0.6 is 0 Å². The first kappa shape index (κ1) is 15.6. The molecule has 6 nitrogen and oxygen atoms in total. The van der Waals surface area contributed by atoms with Gasteiger partial charge in [-0.2, -0.15) is 4.31 Å². The molecule has 0 saturated carbocycles. The van der Waals surface area contributed by atoms with E-state index in [9.17, 15) is 18.3 Å². The number of aromatic nitrogens is 1. The van der Waals surface area contributed by atoms with Crippen molar-refractivity contribution in [2.24, 2.45) is 0 Å². The van der Waals surface area contributed by atoms with Crippen LogP contribution in [0.15, 0.2) is 47.5 Å². The Kier molecular flexibility index (Phi) is 4.14. The van der Waals surface area contributed by atoms with Gasteiger partial charge in [-0.1, -0.05) is 12.1 Å². The molecule has 1 aliphatic heterocycles. The van der Waals surface area contributed by atoms with Crippen LogP contribution in [0.25, 0.3) is 11.3 Å². The Morgan fingerprint density at radius 3 is 2.35 bits per heavy atom. The number of sulfonamides is 1. The third-order valence-corrected chi connectivity index (χ3v) is 5.78. The zero-order valence-corrected chi connectivity index (χ0v) is 13.2. The molecule has 2 heterocycles. The van der Waals surface area contributed by atoms with E-state index in [1.165, 1.54) is 28.7 Å². The van der Waals surface area contributed by atoms with Crippen LogP contribution in [0.1, 0.15) is 23.2 Å². The standard InChI is InChI=1S/C16H16N2O4S/c19-16(20)14-4-3-9-17-15(14)12-5-7-13(8-6-12)23(21,22)18-10-1-2-11-18/h3-9H,1-2,10-11H2,(H,19,20). The highest BCUT2D eigenvalue weighted by molar-refractivity contribution is 7.89. The van der Waals surface area contributed by atoms with Gasteiger partial charge in [0.15, 0.2) is 0 Å². The maximum atomic E-state index is 12.5. The van der Waals surface area contributed by atoms with Crippen LogP contribution in [0.4, 0.5) is 0 Å². The van der Waals surface area contributed by atoms with E-state index in [1.807, 2.05) is 0 Å². The molecule has 2 aromatic rings. The van der Waals surface area contributed by atoms with Gasteiger partial charge in [-0.3, -0.25) is 4.98 Å². The van der Waals surface area contributed by atoms with Crippen LogP contribution in [0.3, 0.4) is 0 Å². The van der Waals surface area contributed by atoms with Crippen molar-refractivity contribution in [3.05, 3.63) is 48.2 Å². The molecule has 23 heavy (non-hydrogen) atoms. The number of rotatable bonds is 4. The van der Waals surface area contributed by atoms with Gasteiger partial charge < -0.3 is 5.11 Å². The van der Waals surface area contributed by atoms with Crippen LogP contribution in [0.2, 0.25) is 0 Å². The lowest BCUT2D eigenvalue weighted by molar-refractivity contribution is 0.0697. The second kappa shape index (κ2) is 6.10. The maximum Gasteiger partial charge on any atom is 0.337 e. The fraction of sp³-hybridized carbons (Fsp3) is 0.250. The van der Waals surface area contributed by atoms with Gasteiger partial charge in [0.25, 0.3) is 0 Å². The SMILES string of the molecule is O=C(O)c1cccnc1-c1ccc(S(=O)(=O)N2CCCC2)cc1. The fourth-order valence-electron chi connectivity index (χ4n) is 2.67. The minimum absolute atomic E-state index is 0.0858. The van der Waals surface area contributed by atoms with Crippen LogP contribution < -0.4 is 0 Å². The van der Waals surface area contributed by atoms with Crippen LogP contribution in [0.5, 0.6) is 0 Å². The molecule has 1 N–H and O–H groups in total. The first-order valence-corrected chi connectivity index (χ1v) is 8.73. The minimum Gasteiger partial charge on any atom is -0.478 e. The Hall–Kier alpha value is -2.25. The van der Waals surface area contributed by atoms with E-state index < -0.39 is 16.0 Å². The maximum absolute atomic E-state index is 12.5. The summed E-state index contributed by atoms with van der Waals surface area (Å²) >= 11 is 0. The second-order valence-electron chi connectivity index (χ2n) is 5.34. The average molecular weight is 332 g/mol. The summed E-state index contributed by atoms with van der Waals surface area (Å²) in [4.78, 5) is 15.6. The smallest absolute Gasteiger partial charge is 0.337 e. The van der Waals surface area contributed by atoms with Gasteiger partial charge in [-0.15, -0.1) is 0 Å². The topological polar surface area (TPSA) is 87.6 Å². The number of benzene rings is 1. The Labute approximate surface area is 134 Å². The Balaban J connectivity index is 1.96. The van der Waals surface area contributed by atoms with Crippen molar-refractivity contribution in [3.8, 4) is 11.3 Å². The first-order chi connectivity index (χ1) is 11.0. The highest BCUT2D eigenvalue weighted by atomic mass is 32.2. The van der Waals surface area contributed by atoms with Gasteiger partial charge in [-0.05, 0) is 37.1 Å². The predicted molar refractivity (Wildman–Crippen MR) is 84.6 cm³/mol. The van der Waals surface area contributed by atoms with Crippen LogP contribution in [-0.4, -0.2) is 41.9 Å². The van der Waals surface area contributed by atoms with Crippen molar-refractivity contribution in [2.45, 2.75) is 17.7 Å². The van der Waals surface area contributed by atoms with E-state index in [0.717, 1.165) is 12.8 Å². The summed E-state index contributed by atoms with van der Waals surface area (Å²) in [5, 5.41) is 9.21. The lowest BCUT2D eigenvalue weighted by Gasteiger charge is -2.15. The normalized spacial score (nSPS) is 15.7. The number of carboxylic acids is 1. The molecule has 3 rings (SSSR count). The molecule has 1 saturated heterocycles. The summed E-state index contributed by atoms with van der Waals surface area (Å²) in [5.41, 5.74) is 0.983. The van der Waals surface area contributed by atoms with Crippen molar-refractivity contribution in [2.75, 3.05) is 13.1 Å². The molecular formula is C16H16N2O4S. The van der Waals surface area contributed by atoms with Gasteiger partial charge in [0, 0.05) is 24.8 Å². The Morgan fingerprint density at radius 1 is 1.09 bits per heavy atom. The van der Waals surface area contributed by atoms with Crippen LogP contribution in [-0.2, 0) is 10.0 Å². The highest BCUT2D eigenvalue weighted by Crippen LogP contribution is 2.25. The number of carbonyl (C=O) groups is 1. The largest absolute Gasteiger partial charge is 0.478 e. The summed E-state index contributed by atoms with van der Waals surface area (Å²) in [7, 11) is -3.47. The van der Waals surface area contributed by atoms with E-state index in [0.29, 0.717) is 24.3 Å². The first-order valence-electron chi connectivity index (χ1n) is 7.29. The number of carboxylic acid groups (broad SMARTS) is 1. The van der Waals surface area contributed by atoms with Crippen molar-refractivity contribution in [3.63, 3.8) is 0 Å². The summed E-state index contributed by atoms with van der Waals surface area (Å²) in [6.45, 7) is 1.10. The zero-order chi connectivity index (χ0) is 16.4. The molecule has 1 aromatic heterocycles. The van der Waals surface area contributed by atoms with Gasteiger partial charge >= 0.3 is 5.97 Å². The molecule has 120 valence electrons. The van der Waals surface area contributed by atoms with E-state index in [2.05, 4.69) is 4.98 Å². The number of aromatic carboxylic acids is 1. The number of hydrogen-bond donors (Lipinski definition) is 1. The highest BCUT2D eigenvalue weighted by Gasteiger charge is 2.27. The molecule has 0 aliphatic carbocycles. The monoisotopic (exact) mass is 332 g/mol. The van der Waals surface area contributed by atoms with Gasteiger partial charge in [0.2, 0.25) is 10.0 Å². The van der Waals surface area contributed by atoms with E-state index in [-0.39, 0.29) is 10.5 Å². The molecule has 7 heteroatoms. The Morgan fingerprint density at radius 2 is 1.74 bits per heavy atom. The summed E-state index contributed by atoms with van der Waals surface area (Å²) in [6, 6.07) is 9.22. The second-order valence-corrected chi connectivity index (χ2v) is 7.28. The molecular weight excluding hydrogens is 316 g/mol. The lowest BCUT2D eigenvalue weighted by atomic mass is 10.1. The Bertz CT molecular complexity index is 825. The van der Waals surface area contributed by atoms with Crippen molar-refractivity contribution >= 4 is 16.0 Å². The van der Waals surface area contributed by atoms with Gasteiger partial charge in [0.1, 0.15) is 0 Å². The van der Waals surface area contributed by atoms with Crippen LogP contribution in [0, 0.1) is 0 Å². The van der Waals surface area contributed by atoms with Crippen molar-refractivity contribution in [1.29, 1.82) is 0 Å². The minimum atomic E-state index is -3.47. The molecule has 0 atom stereocenters. The predicted octanol–water partition coefficient (Wildman–Crippen LogP) is 2.23. The number of hydrogen-bond acceptors (Lipinski definition) is 4. The van der Waals surface area contributed by atoms with Gasteiger partial charge in [-0.25, -0.2) is 13.2 Å². The summed E-state index contributed by atoms with van der Waals surface area (Å²) in [6.07, 6.45) is 3.27. The quantitative estimate of drug-likeness (QED) is 0.927. The molecule has 0 spiro atoms. The third-order valence-electron chi connectivity index (χ3n) is 3.87. The fourth-order valence-corrected chi connectivity index (χ4v) is 4.19. The molecule has 1 aliphatic rings. The molecule has 0 amide bonds. The molecule has 1 fully saturated rings. The number of pyridine rings is 1. The number of nitrogens with zero attached hydrogens (tertiary/aromatic N) is 2. The molecule has 0 radical (unpaired) electrons. The van der Waals surface area contributed by atoms with E-state index >= 15 is 0 Å². The van der Waals surface area contributed by atoms with E-state index in [1.54, 1.807) is 18.2 Å². The lowest BCUT2D eigenvalue weighted by Crippen LogP contribution is -2.27. The third kappa shape index (κ3) is 2.97. The summed E-state index contributed by atoms with van der Waals surface area (Å²) in [5.74, 6) is -1.07. The van der Waals surface area contributed by atoms with E-state index in [4.69, 9.17) is 0 Å². The average Bonchev–Trinajstić information content (AvgIpc) is 3.10. The molecule has 0 unspecified atom stereocenters. The van der Waals surface area contributed by atoms with Gasteiger partial charge in [0.05, 0.1) is 16.2 Å². The molecule has 1 aromatic carbocycles.